The summed E-state index contributed by atoms with van der Waals surface area (Å²) in [6.07, 6.45) is 5.34. The Balaban J connectivity index is 1.38. The zero-order chi connectivity index (χ0) is 17.6. The van der Waals surface area contributed by atoms with Crippen LogP contribution in [-0.2, 0) is 9.59 Å². The number of rotatable bonds is 4. The molecular formula is C21H28N2O2. The van der Waals surface area contributed by atoms with E-state index >= 15 is 0 Å². The summed E-state index contributed by atoms with van der Waals surface area (Å²) < 4.78 is 0. The first-order chi connectivity index (χ1) is 12.0. The molecule has 0 spiro atoms. The van der Waals surface area contributed by atoms with Crippen molar-refractivity contribution in [2.75, 3.05) is 11.4 Å². The van der Waals surface area contributed by atoms with E-state index in [0.29, 0.717) is 30.8 Å². The van der Waals surface area contributed by atoms with Crippen LogP contribution in [0, 0.1) is 17.8 Å². The molecule has 1 aromatic rings. The number of carbonyl (C=O) groups is 2. The lowest BCUT2D eigenvalue weighted by atomic mass is 9.94. The van der Waals surface area contributed by atoms with E-state index in [1.54, 1.807) is 4.90 Å². The van der Waals surface area contributed by atoms with Crippen LogP contribution in [0.15, 0.2) is 24.3 Å². The Kier molecular flexibility index (Phi) is 4.30. The Labute approximate surface area is 150 Å². The Morgan fingerprint density at radius 1 is 1.16 bits per heavy atom. The quantitative estimate of drug-likeness (QED) is 0.912. The maximum Gasteiger partial charge on any atom is 0.227 e. The van der Waals surface area contributed by atoms with Crippen LogP contribution in [0.4, 0.5) is 5.69 Å². The van der Waals surface area contributed by atoms with E-state index in [1.807, 2.05) is 12.1 Å². The van der Waals surface area contributed by atoms with Crippen LogP contribution >= 0.6 is 0 Å². The highest BCUT2D eigenvalue weighted by Gasteiger charge is 2.42. The lowest BCUT2D eigenvalue weighted by Crippen LogP contribution is -2.42. The Bertz CT molecular complexity index is 667. The minimum atomic E-state index is -0.212. The van der Waals surface area contributed by atoms with Crippen molar-refractivity contribution in [3.63, 3.8) is 0 Å². The zero-order valence-electron chi connectivity index (χ0n) is 15.2. The molecule has 3 aliphatic rings. The van der Waals surface area contributed by atoms with E-state index in [2.05, 4.69) is 31.3 Å². The Morgan fingerprint density at radius 2 is 1.92 bits per heavy atom. The van der Waals surface area contributed by atoms with Crippen molar-refractivity contribution < 1.29 is 9.59 Å². The van der Waals surface area contributed by atoms with Gasteiger partial charge in [-0.25, -0.2) is 0 Å². The molecule has 134 valence electrons. The summed E-state index contributed by atoms with van der Waals surface area (Å²) in [6, 6.07) is 8.51. The number of nitrogens with zero attached hydrogens (tertiary/aromatic N) is 1. The first-order valence-electron chi connectivity index (χ1n) is 9.72. The SMILES string of the molecule is CC(C)c1ccc(N2CC(C(=O)NC3CC4CCC3C4)CC2=O)cc1. The fourth-order valence-electron chi connectivity index (χ4n) is 4.89. The highest BCUT2D eigenvalue weighted by Crippen LogP contribution is 2.44. The van der Waals surface area contributed by atoms with Crippen molar-refractivity contribution in [1.82, 2.24) is 5.32 Å². The van der Waals surface area contributed by atoms with Gasteiger partial charge >= 0.3 is 0 Å². The van der Waals surface area contributed by atoms with Crippen LogP contribution in [0.1, 0.15) is 57.4 Å². The molecule has 25 heavy (non-hydrogen) atoms. The molecule has 0 radical (unpaired) electrons. The second kappa shape index (κ2) is 6.47. The van der Waals surface area contributed by atoms with E-state index in [9.17, 15) is 9.59 Å². The van der Waals surface area contributed by atoms with E-state index in [-0.39, 0.29) is 17.7 Å². The molecule has 4 rings (SSSR count). The molecule has 4 nitrogen and oxygen atoms in total. The van der Waals surface area contributed by atoms with Gasteiger partial charge in [0, 0.05) is 24.7 Å². The minimum Gasteiger partial charge on any atom is -0.353 e. The molecule has 4 unspecified atom stereocenters. The molecule has 4 heteroatoms. The Morgan fingerprint density at radius 3 is 2.52 bits per heavy atom. The van der Waals surface area contributed by atoms with Crippen molar-refractivity contribution >= 4 is 17.5 Å². The molecule has 1 saturated heterocycles. The van der Waals surface area contributed by atoms with Gasteiger partial charge in [-0.3, -0.25) is 9.59 Å². The van der Waals surface area contributed by atoms with Gasteiger partial charge in [0.1, 0.15) is 0 Å². The van der Waals surface area contributed by atoms with Crippen LogP contribution < -0.4 is 10.2 Å². The van der Waals surface area contributed by atoms with Crippen molar-refractivity contribution in [2.45, 2.75) is 57.9 Å². The lowest BCUT2D eigenvalue weighted by molar-refractivity contribution is -0.127. The largest absolute Gasteiger partial charge is 0.353 e. The van der Waals surface area contributed by atoms with Gasteiger partial charge in [0.2, 0.25) is 11.8 Å². The summed E-state index contributed by atoms with van der Waals surface area (Å²) in [4.78, 5) is 26.8. The third kappa shape index (κ3) is 3.19. The van der Waals surface area contributed by atoms with Crippen LogP contribution in [0.5, 0.6) is 0 Å². The van der Waals surface area contributed by atoms with Crippen LogP contribution in [0.25, 0.3) is 0 Å². The molecule has 2 saturated carbocycles. The maximum atomic E-state index is 12.7. The van der Waals surface area contributed by atoms with Gasteiger partial charge in [0.05, 0.1) is 5.92 Å². The van der Waals surface area contributed by atoms with Crippen molar-refractivity contribution in [3.8, 4) is 0 Å². The molecule has 1 aliphatic heterocycles. The summed E-state index contributed by atoms with van der Waals surface area (Å²) in [5, 5.41) is 3.25. The van der Waals surface area contributed by atoms with E-state index < -0.39 is 0 Å². The molecular weight excluding hydrogens is 312 g/mol. The average Bonchev–Trinajstić information content (AvgIpc) is 3.30. The molecule has 0 aromatic heterocycles. The van der Waals surface area contributed by atoms with Crippen molar-refractivity contribution in [2.24, 2.45) is 17.8 Å². The number of fused-ring (bicyclic) bond motifs is 2. The third-order valence-corrected chi connectivity index (χ3v) is 6.43. The van der Waals surface area contributed by atoms with E-state index in [0.717, 1.165) is 18.0 Å². The molecule has 2 aliphatic carbocycles. The van der Waals surface area contributed by atoms with Gasteiger partial charge in [-0.05, 0) is 54.7 Å². The number of amides is 2. The normalized spacial score (nSPS) is 31.2. The van der Waals surface area contributed by atoms with Gasteiger partial charge in [-0.15, -0.1) is 0 Å². The number of carbonyl (C=O) groups excluding carboxylic acids is 2. The average molecular weight is 340 g/mol. The van der Waals surface area contributed by atoms with Gasteiger partial charge < -0.3 is 10.2 Å². The molecule has 2 amide bonds. The lowest BCUT2D eigenvalue weighted by Gasteiger charge is -2.24. The first kappa shape index (κ1) is 16.6. The summed E-state index contributed by atoms with van der Waals surface area (Å²) >= 11 is 0. The predicted octanol–water partition coefficient (Wildman–Crippen LogP) is 3.47. The second-order valence-electron chi connectivity index (χ2n) is 8.44. The highest BCUT2D eigenvalue weighted by molar-refractivity contribution is 6.00. The van der Waals surface area contributed by atoms with Gasteiger partial charge in [-0.2, -0.15) is 0 Å². The number of anilines is 1. The summed E-state index contributed by atoms with van der Waals surface area (Å²) in [5.41, 5.74) is 2.17. The third-order valence-electron chi connectivity index (χ3n) is 6.43. The number of benzene rings is 1. The fourth-order valence-corrected chi connectivity index (χ4v) is 4.89. The summed E-state index contributed by atoms with van der Waals surface area (Å²) in [7, 11) is 0. The van der Waals surface area contributed by atoms with E-state index in [4.69, 9.17) is 0 Å². The summed E-state index contributed by atoms with van der Waals surface area (Å²) in [5.74, 6) is 1.89. The van der Waals surface area contributed by atoms with Gasteiger partial charge in [0.25, 0.3) is 0 Å². The van der Waals surface area contributed by atoms with Crippen molar-refractivity contribution in [1.29, 1.82) is 0 Å². The molecule has 2 bridgehead atoms. The fraction of sp³-hybridized carbons (Fsp3) is 0.619. The molecule has 3 fully saturated rings. The monoisotopic (exact) mass is 340 g/mol. The first-order valence-corrected chi connectivity index (χ1v) is 9.72. The van der Waals surface area contributed by atoms with Crippen molar-refractivity contribution in [3.05, 3.63) is 29.8 Å². The molecule has 1 heterocycles. The second-order valence-corrected chi connectivity index (χ2v) is 8.44. The topological polar surface area (TPSA) is 49.4 Å². The highest BCUT2D eigenvalue weighted by atomic mass is 16.2. The minimum absolute atomic E-state index is 0.0605. The van der Waals surface area contributed by atoms with E-state index in [1.165, 1.54) is 24.8 Å². The van der Waals surface area contributed by atoms with Crippen LogP contribution in [0.3, 0.4) is 0 Å². The molecule has 4 atom stereocenters. The number of nitrogens with one attached hydrogen (secondary N) is 1. The van der Waals surface area contributed by atoms with Gasteiger partial charge in [0.15, 0.2) is 0 Å². The maximum absolute atomic E-state index is 12.7. The zero-order valence-corrected chi connectivity index (χ0v) is 15.2. The molecule has 1 aromatic carbocycles. The number of hydrogen-bond donors (Lipinski definition) is 1. The summed E-state index contributed by atoms with van der Waals surface area (Å²) in [6.45, 7) is 4.82. The Hall–Kier alpha value is -1.84. The van der Waals surface area contributed by atoms with Crippen LogP contribution in [-0.4, -0.2) is 24.4 Å². The van der Waals surface area contributed by atoms with Gasteiger partial charge in [-0.1, -0.05) is 32.4 Å². The van der Waals surface area contributed by atoms with Crippen LogP contribution in [0.2, 0.25) is 0 Å². The number of hydrogen-bond acceptors (Lipinski definition) is 2. The smallest absolute Gasteiger partial charge is 0.227 e. The standard InChI is InChI=1S/C21H28N2O2/c1-13(2)15-5-7-18(8-6-15)23-12-17(11-20(23)24)21(25)22-19-10-14-3-4-16(19)9-14/h5-8,13-14,16-17,19H,3-4,9-12H2,1-2H3,(H,22,25). The molecule has 1 N–H and O–H groups in total. The predicted molar refractivity (Wildman–Crippen MR) is 98.4 cm³/mol.